The Morgan fingerprint density at radius 3 is 3.09 bits per heavy atom. The van der Waals surface area contributed by atoms with Gasteiger partial charge in [0.25, 0.3) is 0 Å². The third kappa shape index (κ3) is 2.74. The Morgan fingerprint density at radius 2 is 2.26 bits per heavy atom. The molecule has 0 amide bonds. The van der Waals surface area contributed by atoms with E-state index in [1.165, 1.54) is 23.3 Å². The molecule has 0 spiro atoms. The fraction of sp³-hybridized carbons (Fsp3) is 0.353. The fourth-order valence-corrected chi connectivity index (χ4v) is 4.24. The summed E-state index contributed by atoms with van der Waals surface area (Å²) >= 11 is 1.82. The molecule has 1 N–H and O–H groups in total. The summed E-state index contributed by atoms with van der Waals surface area (Å²) in [6, 6.07) is 1.87. The van der Waals surface area contributed by atoms with Crippen molar-refractivity contribution in [1.82, 2.24) is 9.97 Å². The SMILES string of the molecule is CCc1nc(N/N=C/c2ccoc2)c2c3c(sc2n1)CCCC3. The predicted octanol–water partition coefficient (Wildman–Crippen LogP) is 4.17. The van der Waals surface area contributed by atoms with Crippen LogP contribution in [0.2, 0.25) is 0 Å². The number of rotatable bonds is 4. The number of hydrazone groups is 1. The highest BCUT2D eigenvalue weighted by Gasteiger charge is 2.20. The maximum absolute atomic E-state index is 5.04. The number of nitrogens with one attached hydrogen (secondary N) is 1. The lowest BCUT2D eigenvalue weighted by atomic mass is 9.97. The highest BCUT2D eigenvalue weighted by molar-refractivity contribution is 7.19. The first-order valence-corrected chi connectivity index (χ1v) is 8.79. The van der Waals surface area contributed by atoms with E-state index in [0.717, 1.165) is 46.7 Å². The lowest BCUT2D eigenvalue weighted by molar-refractivity contribution is 0.567. The van der Waals surface area contributed by atoms with E-state index < -0.39 is 0 Å². The molecular weight excluding hydrogens is 308 g/mol. The molecule has 3 aromatic rings. The van der Waals surface area contributed by atoms with Gasteiger partial charge in [0, 0.05) is 16.9 Å². The van der Waals surface area contributed by atoms with Gasteiger partial charge in [-0.05, 0) is 37.3 Å². The molecule has 118 valence electrons. The molecule has 0 saturated carbocycles. The normalized spacial score (nSPS) is 14.5. The van der Waals surface area contributed by atoms with Crippen LogP contribution in [-0.2, 0) is 19.3 Å². The third-order valence-corrected chi connectivity index (χ3v) is 5.29. The number of furan rings is 1. The lowest BCUT2D eigenvalue weighted by Gasteiger charge is -2.11. The van der Waals surface area contributed by atoms with Gasteiger partial charge in [-0.3, -0.25) is 5.43 Å². The van der Waals surface area contributed by atoms with E-state index in [0.29, 0.717) is 0 Å². The van der Waals surface area contributed by atoms with E-state index in [1.807, 2.05) is 17.4 Å². The first-order chi connectivity index (χ1) is 11.3. The molecule has 5 nitrogen and oxygen atoms in total. The zero-order valence-electron chi connectivity index (χ0n) is 13.0. The van der Waals surface area contributed by atoms with Crippen LogP contribution in [0.15, 0.2) is 28.1 Å². The maximum atomic E-state index is 5.04. The van der Waals surface area contributed by atoms with Gasteiger partial charge in [-0.2, -0.15) is 5.10 Å². The summed E-state index contributed by atoms with van der Waals surface area (Å²) in [5.41, 5.74) is 5.46. The van der Waals surface area contributed by atoms with E-state index in [4.69, 9.17) is 9.40 Å². The molecule has 1 aliphatic carbocycles. The van der Waals surface area contributed by atoms with Crippen LogP contribution in [-0.4, -0.2) is 16.2 Å². The van der Waals surface area contributed by atoms with Crippen molar-refractivity contribution in [2.45, 2.75) is 39.0 Å². The molecule has 0 fully saturated rings. The number of aromatic nitrogens is 2. The second kappa shape index (κ2) is 6.12. The second-order valence-electron chi connectivity index (χ2n) is 5.66. The smallest absolute Gasteiger partial charge is 0.159 e. The number of hydrogen-bond acceptors (Lipinski definition) is 6. The topological polar surface area (TPSA) is 63.3 Å². The van der Waals surface area contributed by atoms with Gasteiger partial charge in [-0.25, -0.2) is 9.97 Å². The molecule has 6 heteroatoms. The van der Waals surface area contributed by atoms with Crippen LogP contribution in [0.1, 0.15) is 41.6 Å². The number of fused-ring (bicyclic) bond motifs is 3. The van der Waals surface area contributed by atoms with E-state index in [9.17, 15) is 0 Å². The molecule has 0 aromatic carbocycles. The Bertz CT molecular complexity index is 851. The highest BCUT2D eigenvalue weighted by Crippen LogP contribution is 2.38. The van der Waals surface area contributed by atoms with Crippen molar-refractivity contribution in [2.24, 2.45) is 5.10 Å². The largest absolute Gasteiger partial charge is 0.472 e. The summed E-state index contributed by atoms with van der Waals surface area (Å²) in [4.78, 5) is 11.9. The van der Waals surface area contributed by atoms with Gasteiger partial charge >= 0.3 is 0 Å². The summed E-state index contributed by atoms with van der Waals surface area (Å²) in [5, 5.41) is 5.48. The third-order valence-electron chi connectivity index (χ3n) is 4.10. The van der Waals surface area contributed by atoms with Gasteiger partial charge in [0.1, 0.15) is 10.7 Å². The van der Waals surface area contributed by atoms with Crippen molar-refractivity contribution in [3.63, 3.8) is 0 Å². The van der Waals surface area contributed by atoms with Gasteiger partial charge in [0.05, 0.1) is 24.1 Å². The van der Waals surface area contributed by atoms with Crippen LogP contribution >= 0.6 is 11.3 Å². The molecule has 23 heavy (non-hydrogen) atoms. The Balaban J connectivity index is 1.75. The van der Waals surface area contributed by atoms with Gasteiger partial charge in [0.2, 0.25) is 0 Å². The Hall–Kier alpha value is -2.21. The molecule has 0 unspecified atom stereocenters. The molecule has 4 rings (SSSR count). The average molecular weight is 326 g/mol. The number of anilines is 1. The maximum Gasteiger partial charge on any atom is 0.159 e. The van der Waals surface area contributed by atoms with Gasteiger partial charge < -0.3 is 4.42 Å². The second-order valence-corrected chi connectivity index (χ2v) is 6.74. The van der Waals surface area contributed by atoms with Crippen LogP contribution in [0.4, 0.5) is 5.82 Å². The summed E-state index contributed by atoms with van der Waals surface area (Å²) in [6.07, 6.45) is 10.6. The quantitative estimate of drug-likeness (QED) is 0.577. The zero-order valence-corrected chi connectivity index (χ0v) is 13.8. The number of hydrogen-bond donors (Lipinski definition) is 1. The minimum absolute atomic E-state index is 0.818. The van der Waals surface area contributed by atoms with E-state index in [2.05, 4.69) is 22.4 Å². The van der Waals surface area contributed by atoms with E-state index in [-0.39, 0.29) is 0 Å². The highest BCUT2D eigenvalue weighted by atomic mass is 32.1. The first-order valence-electron chi connectivity index (χ1n) is 7.97. The minimum atomic E-state index is 0.818. The van der Waals surface area contributed by atoms with Crippen molar-refractivity contribution in [2.75, 3.05) is 5.43 Å². The van der Waals surface area contributed by atoms with Gasteiger partial charge in [-0.15, -0.1) is 11.3 Å². The molecule has 3 aromatic heterocycles. The molecule has 0 aliphatic heterocycles. The monoisotopic (exact) mass is 326 g/mol. The molecule has 1 aliphatic rings. The van der Waals surface area contributed by atoms with Crippen LogP contribution in [0.3, 0.4) is 0 Å². The predicted molar refractivity (Wildman–Crippen MR) is 93.4 cm³/mol. The van der Waals surface area contributed by atoms with Crippen molar-refractivity contribution in [3.8, 4) is 0 Å². The summed E-state index contributed by atoms with van der Waals surface area (Å²) in [7, 11) is 0. The zero-order chi connectivity index (χ0) is 15.6. The first kappa shape index (κ1) is 14.4. The fourth-order valence-electron chi connectivity index (χ4n) is 2.96. The van der Waals surface area contributed by atoms with Crippen molar-refractivity contribution < 1.29 is 4.42 Å². The minimum Gasteiger partial charge on any atom is -0.472 e. The number of aryl methyl sites for hydroxylation is 3. The van der Waals surface area contributed by atoms with Crippen LogP contribution in [0.25, 0.3) is 10.2 Å². The van der Waals surface area contributed by atoms with Gasteiger partial charge in [0.15, 0.2) is 5.82 Å². The molecule has 0 atom stereocenters. The van der Waals surface area contributed by atoms with Crippen molar-refractivity contribution in [3.05, 3.63) is 40.4 Å². The Kier molecular flexibility index (Phi) is 3.83. The molecule has 0 bridgehead atoms. The molecule has 3 heterocycles. The van der Waals surface area contributed by atoms with E-state index >= 15 is 0 Å². The lowest BCUT2D eigenvalue weighted by Crippen LogP contribution is -2.03. The molecule has 0 saturated heterocycles. The summed E-state index contributed by atoms with van der Waals surface area (Å²) in [5.74, 6) is 1.68. The van der Waals surface area contributed by atoms with E-state index in [1.54, 1.807) is 18.7 Å². The molecule has 0 radical (unpaired) electrons. The van der Waals surface area contributed by atoms with Crippen molar-refractivity contribution >= 4 is 33.6 Å². The average Bonchev–Trinajstić information content (AvgIpc) is 3.21. The molecular formula is C17H18N4OS. The Morgan fingerprint density at radius 1 is 1.35 bits per heavy atom. The summed E-state index contributed by atoms with van der Waals surface area (Å²) in [6.45, 7) is 2.08. The number of nitrogens with zero attached hydrogens (tertiary/aromatic N) is 3. The Labute approximate surface area is 138 Å². The standard InChI is InChI=1S/C17H18N4OS/c1-2-14-19-16(21-18-9-11-7-8-22-10-11)15-12-5-3-4-6-13(12)23-17(15)20-14/h7-10H,2-6H2,1H3,(H,19,20,21)/b18-9+. The van der Waals surface area contributed by atoms with Crippen LogP contribution in [0, 0.1) is 0 Å². The number of thiophene rings is 1. The van der Waals surface area contributed by atoms with Gasteiger partial charge in [-0.1, -0.05) is 6.92 Å². The van der Waals surface area contributed by atoms with Crippen LogP contribution in [0.5, 0.6) is 0 Å². The van der Waals surface area contributed by atoms with Crippen LogP contribution < -0.4 is 5.43 Å². The summed E-state index contributed by atoms with van der Waals surface area (Å²) < 4.78 is 5.04. The van der Waals surface area contributed by atoms with Crippen molar-refractivity contribution in [1.29, 1.82) is 0 Å².